The van der Waals surface area contributed by atoms with Gasteiger partial charge in [-0.1, -0.05) is 52.4 Å². The minimum atomic E-state index is 0.393. The molecule has 0 spiro atoms. The third-order valence-electron chi connectivity index (χ3n) is 5.35. The number of nitrogens with one attached hydrogen (secondary N) is 1. The van der Waals surface area contributed by atoms with Crippen molar-refractivity contribution in [2.75, 3.05) is 20.1 Å². The topological polar surface area (TPSA) is 15.3 Å². The van der Waals surface area contributed by atoms with Gasteiger partial charge in [0, 0.05) is 25.2 Å². The van der Waals surface area contributed by atoms with Gasteiger partial charge in [0.1, 0.15) is 0 Å². The Morgan fingerprint density at radius 3 is 1.70 bits per heavy atom. The number of nitrogens with zero attached hydrogens (tertiary/aromatic N) is 1. The molecule has 0 aromatic rings. The Hall–Kier alpha value is -0.0800. The standard InChI is InChI=1S/C18H36N2/c1-18(2,14-19-3)15-20(16-10-6-4-7-11-16)17-12-8-5-9-13-17/h16-17,19H,4-15H2,1-3H3. The van der Waals surface area contributed by atoms with Crippen LogP contribution in [0.15, 0.2) is 0 Å². The summed E-state index contributed by atoms with van der Waals surface area (Å²) in [4.78, 5) is 2.94. The van der Waals surface area contributed by atoms with Crippen LogP contribution in [0.5, 0.6) is 0 Å². The lowest BCUT2D eigenvalue weighted by Crippen LogP contribution is -2.50. The first-order valence-corrected chi connectivity index (χ1v) is 9.03. The number of rotatable bonds is 6. The van der Waals surface area contributed by atoms with Crippen molar-refractivity contribution in [1.82, 2.24) is 10.2 Å². The van der Waals surface area contributed by atoms with Crippen LogP contribution in [0.2, 0.25) is 0 Å². The fraction of sp³-hybridized carbons (Fsp3) is 1.00. The molecule has 118 valence electrons. The van der Waals surface area contributed by atoms with Crippen molar-refractivity contribution >= 4 is 0 Å². The zero-order chi connectivity index (χ0) is 14.4. The van der Waals surface area contributed by atoms with E-state index in [-0.39, 0.29) is 0 Å². The molecule has 0 unspecified atom stereocenters. The summed E-state index contributed by atoms with van der Waals surface area (Å²) in [5.74, 6) is 0. The van der Waals surface area contributed by atoms with Crippen LogP contribution in [0.4, 0.5) is 0 Å². The van der Waals surface area contributed by atoms with Gasteiger partial charge in [0.05, 0.1) is 0 Å². The smallest absolute Gasteiger partial charge is 0.00984 e. The van der Waals surface area contributed by atoms with Crippen LogP contribution < -0.4 is 5.32 Å². The minimum absolute atomic E-state index is 0.393. The van der Waals surface area contributed by atoms with Gasteiger partial charge < -0.3 is 5.32 Å². The predicted octanol–water partition coefficient (Wildman–Crippen LogP) is 4.20. The van der Waals surface area contributed by atoms with Gasteiger partial charge in [0.2, 0.25) is 0 Å². The van der Waals surface area contributed by atoms with E-state index >= 15 is 0 Å². The second-order valence-electron chi connectivity index (χ2n) is 7.95. The molecule has 2 nitrogen and oxygen atoms in total. The minimum Gasteiger partial charge on any atom is -0.319 e. The maximum atomic E-state index is 3.39. The highest BCUT2D eigenvalue weighted by atomic mass is 15.2. The van der Waals surface area contributed by atoms with Crippen LogP contribution in [-0.2, 0) is 0 Å². The number of hydrogen-bond donors (Lipinski definition) is 1. The average molecular weight is 280 g/mol. The van der Waals surface area contributed by atoms with E-state index in [1.165, 1.54) is 70.8 Å². The summed E-state index contributed by atoms with van der Waals surface area (Å²) in [5, 5.41) is 3.39. The molecule has 2 rings (SSSR count). The SMILES string of the molecule is CNCC(C)(C)CN(C1CCCCC1)C1CCCCC1. The molecule has 1 N–H and O–H groups in total. The van der Waals surface area contributed by atoms with E-state index in [2.05, 4.69) is 31.1 Å². The summed E-state index contributed by atoms with van der Waals surface area (Å²) in [5.41, 5.74) is 0.393. The summed E-state index contributed by atoms with van der Waals surface area (Å²) >= 11 is 0. The Balaban J connectivity index is 2.01. The van der Waals surface area contributed by atoms with E-state index in [4.69, 9.17) is 0 Å². The van der Waals surface area contributed by atoms with Gasteiger partial charge in [-0.15, -0.1) is 0 Å². The van der Waals surface area contributed by atoms with Crippen LogP contribution in [0.3, 0.4) is 0 Å². The van der Waals surface area contributed by atoms with Gasteiger partial charge in [0.15, 0.2) is 0 Å². The predicted molar refractivity (Wildman–Crippen MR) is 88.2 cm³/mol. The Morgan fingerprint density at radius 1 is 0.850 bits per heavy atom. The first kappa shape index (κ1) is 16.3. The third kappa shape index (κ3) is 4.73. The van der Waals surface area contributed by atoms with Gasteiger partial charge in [-0.05, 0) is 38.1 Å². The van der Waals surface area contributed by atoms with Crippen LogP contribution >= 0.6 is 0 Å². The lowest BCUT2D eigenvalue weighted by molar-refractivity contribution is 0.0443. The maximum Gasteiger partial charge on any atom is 0.00984 e. The van der Waals surface area contributed by atoms with E-state index in [9.17, 15) is 0 Å². The van der Waals surface area contributed by atoms with Crippen molar-refractivity contribution < 1.29 is 0 Å². The van der Waals surface area contributed by atoms with E-state index < -0.39 is 0 Å². The second kappa shape index (κ2) is 7.79. The summed E-state index contributed by atoms with van der Waals surface area (Å²) < 4.78 is 0. The van der Waals surface area contributed by atoms with Crippen molar-refractivity contribution in [1.29, 1.82) is 0 Å². The summed E-state index contributed by atoms with van der Waals surface area (Å²) in [7, 11) is 2.09. The van der Waals surface area contributed by atoms with Crippen LogP contribution in [0, 0.1) is 5.41 Å². The summed E-state index contributed by atoms with van der Waals surface area (Å²) in [6.07, 6.45) is 14.6. The van der Waals surface area contributed by atoms with E-state index in [0.29, 0.717) is 5.41 Å². The molecule has 2 heteroatoms. The molecular formula is C18H36N2. The lowest BCUT2D eigenvalue weighted by Gasteiger charge is -2.45. The Labute approximate surface area is 126 Å². The molecule has 0 radical (unpaired) electrons. The zero-order valence-corrected chi connectivity index (χ0v) is 14.1. The third-order valence-corrected chi connectivity index (χ3v) is 5.35. The molecule has 20 heavy (non-hydrogen) atoms. The van der Waals surface area contributed by atoms with E-state index in [0.717, 1.165) is 18.6 Å². The molecule has 0 aliphatic heterocycles. The molecule has 0 bridgehead atoms. The highest BCUT2D eigenvalue weighted by Crippen LogP contribution is 2.32. The van der Waals surface area contributed by atoms with E-state index in [1.807, 2.05) is 0 Å². The van der Waals surface area contributed by atoms with Crippen molar-refractivity contribution in [3.05, 3.63) is 0 Å². The normalized spacial score (nSPS) is 23.4. The van der Waals surface area contributed by atoms with Crippen LogP contribution in [0.25, 0.3) is 0 Å². The molecule has 0 atom stereocenters. The quantitative estimate of drug-likeness (QED) is 0.784. The molecule has 0 amide bonds. The molecule has 0 aromatic heterocycles. The molecular weight excluding hydrogens is 244 g/mol. The lowest BCUT2D eigenvalue weighted by atomic mass is 9.85. The van der Waals surface area contributed by atoms with E-state index in [1.54, 1.807) is 0 Å². The van der Waals surface area contributed by atoms with Gasteiger partial charge in [-0.2, -0.15) is 0 Å². The maximum absolute atomic E-state index is 3.39. The van der Waals surface area contributed by atoms with Crippen LogP contribution in [0.1, 0.15) is 78.1 Å². The largest absolute Gasteiger partial charge is 0.319 e. The molecule has 0 aromatic carbocycles. The summed E-state index contributed by atoms with van der Waals surface area (Å²) in [6.45, 7) is 7.27. The zero-order valence-electron chi connectivity index (χ0n) is 14.1. The summed E-state index contributed by atoms with van der Waals surface area (Å²) in [6, 6.07) is 1.76. The fourth-order valence-electron chi connectivity index (χ4n) is 4.41. The monoisotopic (exact) mass is 280 g/mol. The van der Waals surface area contributed by atoms with Gasteiger partial charge in [-0.25, -0.2) is 0 Å². The molecule has 2 aliphatic rings. The molecule has 2 fully saturated rings. The van der Waals surface area contributed by atoms with Crippen molar-refractivity contribution in [3.63, 3.8) is 0 Å². The average Bonchev–Trinajstić information content (AvgIpc) is 2.47. The molecule has 2 aliphatic carbocycles. The number of hydrogen-bond acceptors (Lipinski definition) is 2. The Morgan fingerprint density at radius 2 is 1.30 bits per heavy atom. The molecule has 0 saturated heterocycles. The molecule has 2 saturated carbocycles. The van der Waals surface area contributed by atoms with Crippen molar-refractivity contribution in [2.24, 2.45) is 5.41 Å². The first-order valence-electron chi connectivity index (χ1n) is 9.03. The van der Waals surface area contributed by atoms with Crippen LogP contribution in [-0.4, -0.2) is 37.1 Å². The van der Waals surface area contributed by atoms with Gasteiger partial charge in [-0.3, -0.25) is 4.90 Å². The fourth-order valence-corrected chi connectivity index (χ4v) is 4.41. The van der Waals surface area contributed by atoms with Gasteiger partial charge in [0.25, 0.3) is 0 Å². The highest BCUT2D eigenvalue weighted by molar-refractivity contribution is 4.87. The van der Waals surface area contributed by atoms with Crippen molar-refractivity contribution in [2.45, 2.75) is 90.1 Å². The van der Waals surface area contributed by atoms with Crippen molar-refractivity contribution in [3.8, 4) is 0 Å². The molecule has 0 heterocycles. The Kier molecular flexibility index (Phi) is 6.35. The second-order valence-corrected chi connectivity index (χ2v) is 7.95. The first-order chi connectivity index (χ1) is 9.62. The highest BCUT2D eigenvalue weighted by Gasteiger charge is 2.32. The van der Waals surface area contributed by atoms with Gasteiger partial charge >= 0.3 is 0 Å². The Bertz CT molecular complexity index is 245.